The average molecular weight is 427 g/mol. The molecule has 1 atom stereocenters. The van der Waals surface area contributed by atoms with E-state index in [4.69, 9.17) is 0 Å². The summed E-state index contributed by atoms with van der Waals surface area (Å²) >= 11 is 0. The maximum atomic E-state index is 14.7. The van der Waals surface area contributed by atoms with Gasteiger partial charge in [0.15, 0.2) is 9.84 Å². The molecule has 0 aliphatic heterocycles. The molecule has 0 aliphatic rings. The molecule has 3 aromatic carbocycles. The largest absolute Gasteiger partial charge is 0.374 e. The van der Waals surface area contributed by atoms with Gasteiger partial charge in [-0.25, -0.2) is 22.2 Å². The number of hydrogen-bond acceptors (Lipinski definition) is 4. The van der Waals surface area contributed by atoms with Crippen molar-refractivity contribution in [3.63, 3.8) is 0 Å². The lowest BCUT2D eigenvalue weighted by Crippen LogP contribution is -2.15. The molecule has 1 unspecified atom stereocenters. The maximum Gasteiger partial charge on any atom is 0.175 e. The van der Waals surface area contributed by atoms with Gasteiger partial charge in [-0.3, -0.25) is 0 Å². The number of nitrogens with one attached hydrogen (secondary N) is 1. The van der Waals surface area contributed by atoms with E-state index in [9.17, 15) is 17.2 Å². The Morgan fingerprint density at radius 1 is 1.03 bits per heavy atom. The first-order valence-corrected chi connectivity index (χ1v) is 11.0. The maximum absolute atomic E-state index is 14.7. The second-order valence-electron chi connectivity index (χ2n) is 7.15. The Labute approximate surface area is 172 Å². The van der Waals surface area contributed by atoms with E-state index in [1.54, 1.807) is 24.5 Å². The lowest BCUT2D eigenvalue weighted by molar-refractivity contribution is 0.580. The standard InChI is InChI=1S/C22H19F2N3O2S/c1-27-13-25-20-12-16(7-9-21(20)27)26-22(18-11-15(23)6-8-19(18)24)14-4-3-5-17(10-14)30(2,28)29/h3-13,22,26H,1-2H3. The van der Waals surface area contributed by atoms with Crippen LogP contribution in [0.3, 0.4) is 0 Å². The number of sulfone groups is 1. The van der Waals surface area contributed by atoms with E-state index in [0.717, 1.165) is 35.5 Å². The lowest BCUT2D eigenvalue weighted by atomic mass is 9.97. The van der Waals surface area contributed by atoms with Crippen LogP contribution in [0.25, 0.3) is 11.0 Å². The molecule has 0 saturated carbocycles. The molecule has 30 heavy (non-hydrogen) atoms. The molecular weight excluding hydrogens is 408 g/mol. The lowest BCUT2D eigenvalue weighted by Gasteiger charge is -2.22. The first-order valence-electron chi connectivity index (χ1n) is 9.15. The van der Waals surface area contributed by atoms with Crippen molar-refractivity contribution in [3.05, 3.63) is 89.8 Å². The molecule has 0 amide bonds. The van der Waals surface area contributed by atoms with Crippen molar-refractivity contribution in [2.75, 3.05) is 11.6 Å². The average Bonchev–Trinajstić information content (AvgIpc) is 3.08. The van der Waals surface area contributed by atoms with Crippen LogP contribution in [0.15, 0.2) is 71.9 Å². The normalized spacial score (nSPS) is 12.8. The summed E-state index contributed by atoms with van der Waals surface area (Å²) in [6.45, 7) is 0. The van der Waals surface area contributed by atoms with Gasteiger partial charge in [0.1, 0.15) is 11.6 Å². The molecular formula is C22H19F2N3O2S. The zero-order chi connectivity index (χ0) is 21.5. The van der Waals surface area contributed by atoms with Crippen LogP contribution in [0.5, 0.6) is 0 Å². The van der Waals surface area contributed by atoms with Crippen LogP contribution >= 0.6 is 0 Å². The molecule has 0 aliphatic carbocycles. The third kappa shape index (κ3) is 3.91. The summed E-state index contributed by atoms with van der Waals surface area (Å²) in [5.41, 5.74) is 2.86. The summed E-state index contributed by atoms with van der Waals surface area (Å²) in [5, 5.41) is 3.21. The molecule has 0 spiro atoms. The molecule has 154 valence electrons. The van der Waals surface area contributed by atoms with Gasteiger partial charge in [-0.15, -0.1) is 0 Å². The number of aromatic nitrogens is 2. The van der Waals surface area contributed by atoms with Crippen molar-refractivity contribution in [1.29, 1.82) is 0 Å². The van der Waals surface area contributed by atoms with Crippen LogP contribution in [-0.2, 0) is 16.9 Å². The van der Waals surface area contributed by atoms with Crippen LogP contribution in [0.4, 0.5) is 14.5 Å². The monoisotopic (exact) mass is 427 g/mol. The van der Waals surface area contributed by atoms with Crippen molar-refractivity contribution in [2.45, 2.75) is 10.9 Å². The molecule has 4 rings (SSSR count). The number of anilines is 1. The Bertz CT molecular complexity index is 1350. The van der Waals surface area contributed by atoms with Crippen molar-refractivity contribution >= 4 is 26.6 Å². The molecule has 1 aromatic heterocycles. The summed E-state index contributed by atoms with van der Waals surface area (Å²) in [6, 6.07) is 14.1. The minimum absolute atomic E-state index is 0.0711. The smallest absolute Gasteiger partial charge is 0.175 e. The zero-order valence-corrected chi connectivity index (χ0v) is 17.1. The van der Waals surface area contributed by atoms with E-state index in [0.29, 0.717) is 11.3 Å². The molecule has 1 heterocycles. The summed E-state index contributed by atoms with van der Waals surface area (Å²) in [6.07, 6.45) is 2.79. The molecule has 4 aromatic rings. The highest BCUT2D eigenvalue weighted by Crippen LogP contribution is 2.31. The fourth-order valence-corrected chi connectivity index (χ4v) is 4.07. The van der Waals surface area contributed by atoms with Crippen LogP contribution in [0.1, 0.15) is 17.2 Å². The van der Waals surface area contributed by atoms with Gasteiger partial charge in [0, 0.05) is 24.6 Å². The number of rotatable bonds is 5. The fraction of sp³-hybridized carbons (Fsp3) is 0.136. The van der Waals surface area contributed by atoms with Crippen LogP contribution in [-0.4, -0.2) is 24.2 Å². The predicted octanol–water partition coefficient (Wildman–Crippen LogP) is 4.46. The molecule has 8 heteroatoms. The van der Waals surface area contributed by atoms with Crippen LogP contribution in [0.2, 0.25) is 0 Å². The Kier molecular flexibility index (Phi) is 5.03. The molecule has 0 fully saturated rings. The van der Waals surface area contributed by atoms with Crippen molar-refractivity contribution in [3.8, 4) is 0 Å². The molecule has 0 bridgehead atoms. The minimum atomic E-state index is -3.47. The van der Waals surface area contributed by atoms with Crippen molar-refractivity contribution in [1.82, 2.24) is 9.55 Å². The van der Waals surface area contributed by atoms with E-state index >= 15 is 0 Å². The topological polar surface area (TPSA) is 64.0 Å². The van der Waals surface area contributed by atoms with Crippen LogP contribution < -0.4 is 5.32 Å². The van der Waals surface area contributed by atoms with Gasteiger partial charge in [0.2, 0.25) is 0 Å². The van der Waals surface area contributed by atoms with E-state index in [2.05, 4.69) is 10.3 Å². The Balaban J connectivity index is 1.84. The summed E-state index contributed by atoms with van der Waals surface area (Å²) in [7, 11) is -1.59. The number of imidazole rings is 1. The summed E-state index contributed by atoms with van der Waals surface area (Å²) < 4.78 is 54.5. The highest BCUT2D eigenvalue weighted by atomic mass is 32.2. The number of benzene rings is 3. The van der Waals surface area contributed by atoms with E-state index in [1.165, 1.54) is 12.1 Å². The number of aryl methyl sites for hydroxylation is 1. The molecule has 5 nitrogen and oxygen atoms in total. The Morgan fingerprint density at radius 3 is 2.60 bits per heavy atom. The second-order valence-corrected chi connectivity index (χ2v) is 9.16. The predicted molar refractivity (Wildman–Crippen MR) is 112 cm³/mol. The van der Waals surface area contributed by atoms with E-state index < -0.39 is 27.5 Å². The molecule has 0 saturated heterocycles. The van der Waals surface area contributed by atoms with Gasteiger partial charge in [-0.1, -0.05) is 12.1 Å². The van der Waals surface area contributed by atoms with E-state index in [1.807, 2.05) is 23.7 Å². The number of hydrogen-bond donors (Lipinski definition) is 1. The zero-order valence-electron chi connectivity index (χ0n) is 16.3. The summed E-state index contributed by atoms with van der Waals surface area (Å²) in [5.74, 6) is -1.18. The summed E-state index contributed by atoms with van der Waals surface area (Å²) in [4.78, 5) is 4.42. The van der Waals surface area contributed by atoms with Gasteiger partial charge in [-0.05, 0) is 54.1 Å². The SMILES string of the molecule is Cn1cnc2cc(NC(c3cccc(S(C)(=O)=O)c3)c3cc(F)ccc3F)ccc21. The Morgan fingerprint density at radius 2 is 1.83 bits per heavy atom. The van der Waals surface area contributed by atoms with Gasteiger partial charge in [0.05, 0.1) is 28.3 Å². The van der Waals surface area contributed by atoms with Gasteiger partial charge in [-0.2, -0.15) is 0 Å². The van der Waals surface area contributed by atoms with Crippen molar-refractivity contribution in [2.24, 2.45) is 7.05 Å². The fourth-order valence-electron chi connectivity index (χ4n) is 3.39. The van der Waals surface area contributed by atoms with Crippen LogP contribution in [0, 0.1) is 11.6 Å². The van der Waals surface area contributed by atoms with Crippen molar-refractivity contribution < 1.29 is 17.2 Å². The van der Waals surface area contributed by atoms with Gasteiger partial charge in [0.25, 0.3) is 0 Å². The Hall–Kier alpha value is -3.26. The first-order chi connectivity index (χ1) is 14.2. The van der Waals surface area contributed by atoms with Gasteiger partial charge >= 0.3 is 0 Å². The molecule has 0 radical (unpaired) electrons. The first kappa shape index (κ1) is 20.0. The molecule has 1 N–H and O–H groups in total. The quantitative estimate of drug-likeness (QED) is 0.511. The van der Waals surface area contributed by atoms with E-state index in [-0.39, 0.29) is 10.5 Å². The highest BCUT2D eigenvalue weighted by Gasteiger charge is 2.21. The number of nitrogens with zero attached hydrogens (tertiary/aromatic N) is 2. The third-order valence-corrected chi connectivity index (χ3v) is 6.04. The minimum Gasteiger partial charge on any atom is -0.374 e. The number of halogens is 2. The highest BCUT2D eigenvalue weighted by molar-refractivity contribution is 7.90. The third-order valence-electron chi connectivity index (χ3n) is 4.93. The number of fused-ring (bicyclic) bond motifs is 1. The van der Waals surface area contributed by atoms with Gasteiger partial charge < -0.3 is 9.88 Å². The second kappa shape index (κ2) is 7.53.